The van der Waals surface area contributed by atoms with Gasteiger partial charge in [-0.15, -0.1) is 0 Å². The molecule has 0 bridgehead atoms. The number of anilines is 2. The van der Waals surface area contributed by atoms with Gasteiger partial charge >= 0.3 is 0 Å². The van der Waals surface area contributed by atoms with Crippen LogP contribution in [0.25, 0.3) is 10.9 Å². The van der Waals surface area contributed by atoms with Crippen molar-refractivity contribution in [2.75, 3.05) is 36.2 Å². The number of aliphatic hydroxyl groups excluding tert-OH is 1. The van der Waals surface area contributed by atoms with E-state index in [-0.39, 0.29) is 12.1 Å². The van der Waals surface area contributed by atoms with Gasteiger partial charge in [-0.2, -0.15) is 0 Å². The normalized spacial score (nSPS) is 19.5. The van der Waals surface area contributed by atoms with Gasteiger partial charge in [-0.3, -0.25) is 4.21 Å². The topological polar surface area (TPSA) is 70.4 Å². The van der Waals surface area contributed by atoms with Crippen molar-refractivity contribution in [1.82, 2.24) is 9.55 Å². The summed E-state index contributed by atoms with van der Waals surface area (Å²) in [5, 5.41) is 15.3. The minimum absolute atomic E-state index is 0.0547. The molecule has 6 nitrogen and oxygen atoms in total. The molecule has 1 saturated carbocycles. The van der Waals surface area contributed by atoms with Crippen LogP contribution in [0, 0.1) is 0 Å². The average molecular weight is 487 g/mol. The zero-order valence-electron chi connectivity index (χ0n) is 19.2. The van der Waals surface area contributed by atoms with Gasteiger partial charge in [0, 0.05) is 43.0 Å². The first-order valence-corrected chi connectivity index (χ1v) is 13.6. The van der Waals surface area contributed by atoms with E-state index >= 15 is 0 Å². The molecule has 3 aromatic rings. The highest BCUT2D eigenvalue weighted by Crippen LogP contribution is 2.41. The maximum absolute atomic E-state index is 12.8. The number of aryl methyl sites for hydroxylation is 1. The lowest BCUT2D eigenvalue weighted by molar-refractivity contribution is 0.143. The molecule has 2 aromatic heterocycles. The second-order valence-electron chi connectivity index (χ2n) is 9.49. The average Bonchev–Trinajstić information content (AvgIpc) is 3.17. The first-order chi connectivity index (χ1) is 15.9. The molecule has 2 fully saturated rings. The molecule has 2 aliphatic rings. The van der Waals surface area contributed by atoms with Crippen molar-refractivity contribution in [3.63, 3.8) is 0 Å². The fourth-order valence-electron chi connectivity index (χ4n) is 5.26. The number of nitrogens with zero attached hydrogens (tertiary/aromatic N) is 3. The van der Waals surface area contributed by atoms with Gasteiger partial charge in [-0.05, 0) is 61.8 Å². The second-order valence-corrected chi connectivity index (χ2v) is 11.2. The number of pyridine rings is 1. The Labute approximate surface area is 202 Å². The van der Waals surface area contributed by atoms with Crippen molar-refractivity contribution in [3.8, 4) is 0 Å². The lowest BCUT2D eigenvalue weighted by Crippen LogP contribution is -2.48. The maximum atomic E-state index is 12.8. The predicted molar refractivity (Wildman–Crippen MR) is 136 cm³/mol. The van der Waals surface area contributed by atoms with E-state index in [2.05, 4.69) is 26.9 Å². The highest BCUT2D eigenvalue weighted by Gasteiger charge is 2.38. The maximum Gasteiger partial charge on any atom is 0.155 e. The van der Waals surface area contributed by atoms with E-state index in [1.165, 1.54) is 5.56 Å². The van der Waals surface area contributed by atoms with Crippen LogP contribution in [-0.4, -0.2) is 50.4 Å². The van der Waals surface area contributed by atoms with E-state index in [9.17, 15) is 9.32 Å². The van der Waals surface area contributed by atoms with Crippen LogP contribution in [0.5, 0.6) is 0 Å². The molecular formula is C25H31ClN4O2S. The molecule has 0 spiro atoms. The number of halogens is 1. The summed E-state index contributed by atoms with van der Waals surface area (Å²) < 4.78 is 14.9. The monoisotopic (exact) mass is 486 g/mol. The molecule has 1 aromatic carbocycles. The number of nitrogens with one attached hydrogen (secondary N) is 1. The Kier molecular flexibility index (Phi) is 6.14. The van der Waals surface area contributed by atoms with Crippen molar-refractivity contribution in [1.29, 1.82) is 0 Å². The molecule has 3 heterocycles. The minimum Gasteiger partial charge on any atom is -0.394 e. The molecule has 1 saturated heterocycles. The van der Waals surface area contributed by atoms with Gasteiger partial charge in [0.15, 0.2) is 5.82 Å². The lowest BCUT2D eigenvalue weighted by Gasteiger charge is -2.42. The van der Waals surface area contributed by atoms with Crippen LogP contribution in [0.1, 0.15) is 43.6 Å². The molecule has 176 valence electrons. The number of fused-ring (bicyclic) bond motifs is 1. The summed E-state index contributed by atoms with van der Waals surface area (Å²) in [7, 11) is 0.807. The van der Waals surface area contributed by atoms with E-state index in [0.29, 0.717) is 11.7 Å². The number of hydrogen-bond acceptors (Lipinski definition) is 5. The summed E-state index contributed by atoms with van der Waals surface area (Å²) in [6, 6.07) is 10.2. The minimum atomic E-state index is -1.21. The number of hydrogen-bond donors (Lipinski definition) is 2. The Balaban J connectivity index is 1.50. The van der Waals surface area contributed by atoms with Crippen molar-refractivity contribution in [2.45, 2.75) is 48.5 Å². The van der Waals surface area contributed by atoms with Gasteiger partial charge in [-0.25, -0.2) is 4.98 Å². The standard InChI is InChI=1S/C25H31ClN4O2S/c1-29-13-10-20-21(29)24(27-23(22(20)33(2)32)28-25(16-31)11-3-12-25)30-14-8-18(9-15-30)17-4-6-19(26)7-5-17/h4-7,10,13,18,31H,3,8-9,11-12,14-16H2,1-2H3,(H,27,28)/t33-/m0/s1. The van der Waals surface area contributed by atoms with E-state index < -0.39 is 10.8 Å². The Morgan fingerprint density at radius 2 is 1.91 bits per heavy atom. The predicted octanol–water partition coefficient (Wildman–Crippen LogP) is 4.68. The third-order valence-corrected chi connectivity index (χ3v) is 8.62. The number of aliphatic hydroxyl groups is 1. The summed E-state index contributed by atoms with van der Waals surface area (Å²) >= 11 is 6.07. The SMILES string of the molecule is Cn1ccc2c([S@](C)=O)c(NC3(CO)CCC3)nc(N3CCC(c4ccc(Cl)cc4)CC3)c21. The van der Waals surface area contributed by atoms with Crippen LogP contribution in [0.4, 0.5) is 11.6 Å². The molecule has 2 N–H and O–H groups in total. The van der Waals surface area contributed by atoms with Gasteiger partial charge in [0.2, 0.25) is 0 Å². The zero-order chi connectivity index (χ0) is 23.2. The summed E-state index contributed by atoms with van der Waals surface area (Å²) in [6.07, 6.45) is 8.68. The Morgan fingerprint density at radius 1 is 1.21 bits per heavy atom. The van der Waals surface area contributed by atoms with Crippen molar-refractivity contribution < 1.29 is 9.32 Å². The molecule has 1 atom stereocenters. The molecule has 33 heavy (non-hydrogen) atoms. The van der Waals surface area contributed by atoms with Crippen molar-refractivity contribution in [2.24, 2.45) is 7.05 Å². The largest absolute Gasteiger partial charge is 0.394 e. The third-order valence-electron chi connectivity index (χ3n) is 7.38. The first kappa shape index (κ1) is 22.7. The molecule has 5 rings (SSSR count). The summed E-state index contributed by atoms with van der Waals surface area (Å²) in [5.41, 5.74) is 2.00. The third kappa shape index (κ3) is 4.15. The molecule has 0 unspecified atom stereocenters. The van der Waals surface area contributed by atoms with Gasteiger partial charge in [0.1, 0.15) is 5.82 Å². The summed E-state index contributed by atoms with van der Waals surface area (Å²) in [6.45, 7) is 1.86. The molecule has 1 aliphatic heterocycles. The fraction of sp³-hybridized carbons (Fsp3) is 0.480. The van der Waals surface area contributed by atoms with Crippen LogP contribution in [-0.2, 0) is 17.8 Å². The summed E-state index contributed by atoms with van der Waals surface area (Å²) in [4.78, 5) is 8.16. The lowest BCUT2D eigenvalue weighted by atomic mass is 9.77. The Bertz CT molecular complexity index is 1180. The first-order valence-electron chi connectivity index (χ1n) is 11.6. The van der Waals surface area contributed by atoms with Crippen LogP contribution in [0.2, 0.25) is 5.02 Å². The smallest absolute Gasteiger partial charge is 0.155 e. The number of aromatic nitrogens is 2. The van der Waals surface area contributed by atoms with E-state index in [0.717, 1.165) is 71.8 Å². The van der Waals surface area contributed by atoms with E-state index in [1.807, 2.05) is 31.4 Å². The molecular weight excluding hydrogens is 456 g/mol. The molecule has 0 amide bonds. The van der Waals surface area contributed by atoms with E-state index in [4.69, 9.17) is 16.6 Å². The second kappa shape index (κ2) is 8.93. The number of piperidine rings is 1. The van der Waals surface area contributed by atoms with Crippen LogP contribution in [0.15, 0.2) is 41.4 Å². The highest BCUT2D eigenvalue weighted by atomic mass is 35.5. The quantitative estimate of drug-likeness (QED) is 0.529. The Morgan fingerprint density at radius 3 is 2.48 bits per heavy atom. The molecule has 0 radical (unpaired) electrons. The zero-order valence-corrected chi connectivity index (χ0v) is 20.8. The number of benzene rings is 1. The van der Waals surface area contributed by atoms with Crippen molar-refractivity contribution in [3.05, 3.63) is 47.1 Å². The summed E-state index contributed by atoms with van der Waals surface area (Å²) in [5.74, 6) is 2.09. The fourth-order valence-corrected chi connectivity index (χ4v) is 6.23. The van der Waals surface area contributed by atoms with Gasteiger partial charge in [0.05, 0.1) is 33.4 Å². The van der Waals surface area contributed by atoms with E-state index in [1.54, 1.807) is 6.26 Å². The molecule has 1 aliphatic carbocycles. The highest BCUT2D eigenvalue weighted by molar-refractivity contribution is 7.84. The van der Waals surface area contributed by atoms with Gasteiger partial charge in [-0.1, -0.05) is 23.7 Å². The van der Waals surface area contributed by atoms with Gasteiger partial charge in [0.25, 0.3) is 0 Å². The van der Waals surface area contributed by atoms with Crippen LogP contribution < -0.4 is 10.2 Å². The van der Waals surface area contributed by atoms with Crippen LogP contribution >= 0.6 is 11.6 Å². The number of rotatable bonds is 6. The van der Waals surface area contributed by atoms with Gasteiger partial charge < -0.3 is 19.9 Å². The van der Waals surface area contributed by atoms with Crippen LogP contribution in [0.3, 0.4) is 0 Å². The van der Waals surface area contributed by atoms with Crippen molar-refractivity contribution >= 4 is 44.9 Å². The Hall–Kier alpha value is -2.09. The molecule has 8 heteroatoms.